The van der Waals surface area contributed by atoms with Crippen molar-refractivity contribution in [3.8, 4) is 5.75 Å². The highest BCUT2D eigenvalue weighted by Gasteiger charge is 2.33. The zero-order valence-corrected chi connectivity index (χ0v) is 16.3. The van der Waals surface area contributed by atoms with Gasteiger partial charge in [-0.1, -0.05) is 12.1 Å². The molecule has 2 aromatic carbocycles. The minimum Gasteiger partial charge on any atom is -0.497 e. The lowest BCUT2D eigenvalue weighted by atomic mass is 9.99. The van der Waals surface area contributed by atoms with Crippen LogP contribution in [0.5, 0.6) is 5.75 Å². The van der Waals surface area contributed by atoms with E-state index in [2.05, 4.69) is 9.97 Å². The maximum atomic E-state index is 13.2. The number of hydrogen-bond donors (Lipinski definition) is 1. The van der Waals surface area contributed by atoms with Crippen LogP contribution in [0.2, 0.25) is 0 Å². The van der Waals surface area contributed by atoms with E-state index in [0.717, 1.165) is 29.7 Å². The van der Waals surface area contributed by atoms with Gasteiger partial charge in [-0.05, 0) is 55.7 Å². The third kappa shape index (κ3) is 3.33. The van der Waals surface area contributed by atoms with Crippen molar-refractivity contribution in [2.75, 3.05) is 20.2 Å². The number of aromatic amines is 1. The zero-order valence-electron chi connectivity index (χ0n) is 15.5. The van der Waals surface area contributed by atoms with E-state index < -0.39 is 10.0 Å². The Bertz CT molecular complexity index is 1040. The topological polar surface area (TPSA) is 75.3 Å². The molecule has 1 aliphatic heterocycles. The molecule has 1 fully saturated rings. The van der Waals surface area contributed by atoms with E-state index in [4.69, 9.17) is 4.74 Å². The molecule has 0 aliphatic carbocycles. The molecule has 1 unspecified atom stereocenters. The Morgan fingerprint density at radius 1 is 1.22 bits per heavy atom. The summed E-state index contributed by atoms with van der Waals surface area (Å²) in [6.07, 6.45) is 1.74. The molecule has 3 aromatic rings. The van der Waals surface area contributed by atoms with Gasteiger partial charge in [-0.25, -0.2) is 13.4 Å². The number of aryl methyl sites for hydroxylation is 1. The molecule has 0 bridgehead atoms. The summed E-state index contributed by atoms with van der Waals surface area (Å²) < 4.78 is 33.2. The van der Waals surface area contributed by atoms with Gasteiger partial charge in [-0.15, -0.1) is 0 Å². The first-order valence-electron chi connectivity index (χ1n) is 9.08. The van der Waals surface area contributed by atoms with Crippen LogP contribution in [-0.4, -0.2) is 42.9 Å². The lowest BCUT2D eigenvalue weighted by molar-refractivity contribution is 0.310. The van der Waals surface area contributed by atoms with E-state index in [1.54, 1.807) is 36.5 Å². The van der Waals surface area contributed by atoms with Gasteiger partial charge in [-0.3, -0.25) is 0 Å². The molecule has 1 N–H and O–H groups in total. The van der Waals surface area contributed by atoms with Crippen molar-refractivity contribution >= 4 is 21.1 Å². The number of hydrogen-bond acceptors (Lipinski definition) is 4. The Morgan fingerprint density at radius 2 is 2.04 bits per heavy atom. The Morgan fingerprint density at radius 3 is 2.78 bits per heavy atom. The molecule has 0 amide bonds. The summed E-state index contributed by atoms with van der Waals surface area (Å²) in [6, 6.07) is 13.0. The van der Waals surface area contributed by atoms with Gasteiger partial charge >= 0.3 is 0 Å². The Labute approximate surface area is 159 Å². The highest BCUT2D eigenvalue weighted by atomic mass is 32.2. The zero-order chi connectivity index (χ0) is 19.0. The van der Waals surface area contributed by atoms with E-state index in [-0.39, 0.29) is 5.92 Å². The standard InChI is InChI=1S/C20H23N3O3S/c1-14-12-16(26-2)9-10-19(14)27(24,25)23-11-5-6-15(13-23)20-21-17-7-3-4-8-18(17)22-20/h3-4,7-10,12,15H,5-6,11,13H2,1-2H3,(H,21,22). The van der Waals surface area contributed by atoms with Gasteiger partial charge in [0.1, 0.15) is 11.6 Å². The molecule has 1 atom stereocenters. The summed E-state index contributed by atoms with van der Waals surface area (Å²) in [4.78, 5) is 8.37. The van der Waals surface area contributed by atoms with Crippen LogP contribution in [0.25, 0.3) is 11.0 Å². The number of para-hydroxylation sites is 2. The van der Waals surface area contributed by atoms with Crippen LogP contribution in [0, 0.1) is 6.92 Å². The quantitative estimate of drug-likeness (QED) is 0.746. The van der Waals surface area contributed by atoms with Crippen molar-refractivity contribution in [2.24, 2.45) is 0 Å². The Hall–Kier alpha value is -2.38. The van der Waals surface area contributed by atoms with Crippen molar-refractivity contribution in [3.05, 3.63) is 53.9 Å². The fourth-order valence-corrected chi connectivity index (χ4v) is 5.46. The number of nitrogens with zero attached hydrogens (tertiary/aromatic N) is 2. The average molecular weight is 385 g/mol. The van der Waals surface area contributed by atoms with Gasteiger partial charge in [0.05, 0.1) is 23.0 Å². The molecular formula is C20H23N3O3S. The number of rotatable bonds is 4. The van der Waals surface area contributed by atoms with Crippen LogP contribution in [0.1, 0.15) is 30.1 Å². The van der Waals surface area contributed by atoms with E-state index in [0.29, 0.717) is 29.3 Å². The Balaban J connectivity index is 1.62. The normalized spacial score (nSPS) is 18.7. The second-order valence-electron chi connectivity index (χ2n) is 6.97. The SMILES string of the molecule is COc1ccc(S(=O)(=O)N2CCCC(c3nc4ccccc4[nH]3)C2)c(C)c1. The first-order chi connectivity index (χ1) is 13.0. The minimum atomic E-state index is -3.55. The summed E-state index contributed by atoms with van der Waals surface area (Å²) in [5.74, 6) is 1.59. The molecule has 0 radical (unpaired) electrons. The van der Waals surface area contributed by atoms with Crippen molar-refractivity contribution in [1.82, 2.24) is 14.3 Å². The third-order valence-electron chi connectivity index (χ3n) is 5.18. The smallest absolute Gasteiger partial charge is 0.243 e. The molecule has 1 saturated heterocycles. The molecule has 7 heteroatoms. The summed E-state index contributed by atoms with van der Waals surface area (Å²) in [6.45, 7) is 2.77. The van der Waals surface area contributed by atoms with Gasteiger partial charge in [0.25, 0.3) is 0 Å². The van der Waals surface area contributed by atoms with Crippen molar-refractivity contribution in [1.29, 1.82) is 0 Å². The fourth-order valence-electron chi connectivity index (χ4n) is 3.73. The number of piperidine rings is 1. The number of fused-ring (bicyclic) bond motifs is 1. The number of imidazole rings is 1. The summed E-state index contributed by atoms with van der Waals surface area (Å²) >= 11 is 0. The first kappa shape index (κ1) is 18.0. The van der Waals surface area contributed by atoms with Gasteiger partial charge in [0.15, 0.2) is 0 Å². The van der Waals surface area contributed by atoms with Gasteiger partial charge in [0, 0.05) is 19.0 Å². The van der Waals surface area contributed by atoms with Crippen LogP contribution in [0.15, 0.2) is 47.4 Å². The predicted octanol–water partition coefficient (Wildman–Crippen LogP) is 3.45. The lowest BCUT2D eigenvalue weighted by Crippen LogP contribution is -2.39. The van der Waals surface area contributed by atoms with Crippen molar-refractivity contribution in [3.63, 3.8) is 0 Å². The largest absolute Gasteiger partial charge is 0.497 e. The number of H-pyrrole nitrogens is 1. The lowest BCUT2D eigenvalue weighted by Gasteiger charge is -2.31. The summed E-state index contributed by atoms with van der Waals surface area (Å²) in [5, 5.41) is 0. The van der Waals surface area contributed by atoms with Crippen molar-refractivity contribution < 1.29 is 13.2 Å². The number of sulfonamides is 1. The highest BCUT2D eigenvalue weighted by Crippen LogP contribution is 2.31. The average Bonchev–Trinajstić information content (AvgIpc) is 3.12. The van der Waals surface area contributed by atoms with Gasteiger partial charge in [-0.2, -0.15) is 4.31 Å². The maximum absolute atomic E-state index is 13.2. The van der Waals surface area contributed by atoms with E-state index in [9.17, 15) is 8.42 Å². The predicted molar refractivity (Wildman–Crippen MR) is 105 cm³/mol. The second-order valence-corrected chi connectivity index (χ2v) is 8.88. The molecule has 2 heterocycles. The van der Waals surface area contributed by atoms with E-state index in [1.165, 1.54) is 0 Å². The monoisotopic (exact) mass is 385 g/mol. The summed E-state index contributed by atoms with van der Waals surface area (Å²) in [7, 11) is -1.98. The Kier molecular flexibility index (Phi) is 4.65. The first-order valence-corrected chi connectivity index (χ1v) is 10.5. The van der Waals surface area contributed by atoms with Crippen LogP contribution in [-0.2, 0) is 10.0 Å². The fraction of sp³-hybridized carbons (Fsp3) is 0.350. The second kappa shape index (κ2) is 6.98. The van der Waals surface area contributed by atoms with Crippen LogP contribution < -0.4 is 4.74 Å². The van der Waals surface area contributed by atoms with Gasteiger partial charge < -0.3 is 9.72 Å². The van der Waals surface area contributed by atoms with Crippen LogP contribution in [0.4, 0.5) is 0 Å². The van der Waals surface area contributed by atoms with Crippen molar-refractivity contribution in [2.45, 2.75) is 30.6 Å². The highest BCUT2D eigenvalue weighted by molar-refractivity contribution is 7.89. The molecule has 4 rings (SSSR count). The molecule has 0 spiro atoms. The number of ether oxygens (including phenoxy) is 1. The van der Waals surface area contributed by atoms with E-state index >= 15 is 0 Å². The van der Waals surface area contributed by atoms with Gasteiger partial charge in [0.2, 0.25) is 10.0 Å². The maximum Gasteiger partial charge on any atom is 0.243 e. The number of nitrogens with one attached hydrogen (secondary N) is 1. The number of methoxy groups -OCH3 is 1. The molecule has 27 heavy (non-hydrogen) atoms. The summed E-state index contributed by atoms with van der Waals surface area (Å²) in [5.41, 5.74) is 2.59. The molecule has 1 aliphatic rings. The van der Waals surface area contributed by atoms with Crippen LogP contribution >= 0.6 is 0 Å². The molecule has 0 saturated carbocycles. The number of benzene rings is 2. The van der Waals surface area contributed by atoms with Crippen LogP contribution in [0.3, 0.4) is 0 Å². The third-order valence-corrected chi connectivity index (χ3v) is 7.20. The molecule has 6 nitrogen and oxygen atoms in total. The molecule has 142 valence electrons. The molecular weight excluding hydrogens is 362 g/mol. The van der Waals surface area contributed by atoms with E-state index in [1.807, 2.05) is 24.3 Å². The minimum absolute atomic E-state index is 0.0690. The molecule has 1 aromatic heterocycles. The number of aromatic nitrogens is 2.